The molecule has 1 heterocycles. The molecule has 1 aromatic heterocycles. The summed E-state index contributed by atoms with van der Waals surface area (Å²) in [5, 5.41) is 6.79. The first-order chi connectivity index (χ1) is 8.66. The van der Waals surface area contributed by atoms with Crippen LogP contribution in [0.15, 0.2) is 39.5 Å². The van der Waals surface area contributed by atoms with E-state index in [4.69, 9.17) is 0 Å². The molecule has 0 spiro atoms. The van der Waals surface area contributed by atoms with Crippen LogP contribution in [0.1, 0.15) is 5.56 Å². The van der Waals surface area contributed by atoms with Gasteiger partial charge in [-0.3, -0.25) is 0 Å². The van der Waals surface area contributed by atoms with Crippen molar-refractivity contribution in [2.24, 2.45) is 0 Å². The van der Waals surface area contributed by atoms with E-state index < -0.39 is 6.43 Å². The smallest absolute Gasteiger partial charge is 0.250 e. The van der Waals surface area contributed by atoms with E-state index in [0.29, 0.717) is 6.54 Å². The lowest BCUT2D eigenvalue weighted by Crippen LogP contribution is -2.20. The quantitative estimate of drug-likeness (QED) is 0.848. The van der Waals surface area contributed by atoms with E-state index in [1.54, 1.807) is 11.3 Å². The second kappa shape index (κ2) is 6.41. The Labute approximate surface area is 117 Å². The normalized spacial score (nSPS) is 11.1. The SMILES string of the molecule is FC(F)CNCc1cscc1-c1cccc(Br)c1. The predicted molar refractivity (Wildman–Crippen MR) is 75.2 cm³/mol. The van der Waals surface area contributed by atoms with Gasteiger partial charge in [-0.1, -0.05) is 28.1 Å². The van der Waals surface area contributed by atoms with Crippen molar-refractivity contribution in [3.05, 3.63) is 45.1 Å². The molecular weight excluding hydrogens is 320 g/mol. The van der Waals surface area contributed by atoms with Crippen LogP contribution in [-0.4, -0.2) is 13.0 Å². The minimum Gasteiger partial charge on any atom is -0.307 e. The van der Waals surface area contributed by atoms with E-state index >= 15 is 0 Å². The summed E-state index contributed by atoms with van der Waals surface area (Å²) in [4.78, 5) is 0. The van der Waals surface area contributed by atoms with Gasteiger partial charge in [0.25, 0.3) is 6.43 Å². The highest BCUT2D eigenvalue weighted by molar-refractivity contribution is 9.10. The van der Waals surface area contributed by atoms with Gasteiger partial charge in [-0.15, -0.1) is 0 Å². The second-order valence-electron chi connectivity index (χ2n) is 3.84. The first-order valence-corrected chi connectivity index (χ1v) is 7.20. The first kappa shape index (κ1) is 13.6. The maximum absolute atomic E-state index is 12.1. The fraction of sp³-hybridized carbons (Fsp3) is 0.231. The molecule has 5 heteroatoms. The van der Waals surface area contributed by atoms with E-state index in [9.17, 15) is 8.78 Å². The number of halogens is 3. The largest absolute Gasteiger partial charge is 0.307 e. The Hall–Kier alpha value is -0.780. The summed E-state index contributed by atoms with van der Waals surface area (Å²) in [6.45, 7) is 0.198. The van der Waals surface area contributed by atoms with Crippen LogP contribution in [0, 0.1) is 0 Å². The van der Waals surface area contributed by atoms with Gasteiger partial charge < -0.3 is 5.32 Å². The molecule has 0 amide bonds. The van der Waals surface area contributed by atoms with Gasteiger partial charge >= 0.3 is 0 Å². The van der Waals surface area contributed by atoms with Crippen LogP contribution in [0.4, 0.5) is 8.78 Å². The Morgan fingerprint density at radius 3 is 2.83 bits per heavy atom. The molecule has 18 heavy (non-hydrogen) atoms. The van der Waals surface area contributed by atoms with E-state index in [-0.39, 0.29) is 6.54 Å². The molecule has 0 aliphatic heterocycles. The molecule has 2 rings (SSSR count). The summed E-state index contributed by atoms with van der Waals surface area (Å²) < 4.78 is 25.2. The molecule has 1 nitrogen and oxygen atoms in total. The molecule has 1 N–H and O–H groups in total. The average molecular weight is 332 g/mol. The first-order valence-electron chi connectivity index (χ1n) is 5.46. The van der Waals surface area contributed by atoms with Gasteiger partial charge in [-0.25, -0.2) is 8.78 Å². The van der Waals surface area contributed by atoms with E-state index in [1.807, 2.05) is 35.0 Å². The molecule has 0 aliphatic carbocycles. The highest BCUT2D eigenvalue weighted by Gasteiger charge is 2.08. The third-order valence-corrected chi connectivity index (χ3v) is 3.78. The van der Waals surface area contributed by atoms with Crippen molar-refractivity contribution in [3.63, 3.8) is 0 Å². The third-order valence-electron chi connectivity index (χ3n) is 2.49. The van der Waals surface area contributed by atoms with Gasteiger partial charge in [0.2, 0.25) is 0 Å². The Bertz CT molecular complexity index is 513. The number of thiophene rings is 1. The Morgan fingerprint density at radius 2 is 2.11 bits per heavy atom. The zero-order chi connectivity index (χ0) is 13.0. The number of nitrogens with one attached hydrogen (secondary N) is 1. The van der Waals surface area contributed by atoms with Crippen molar-refractivity contribution in [3.8, 4) is 11.1 Å². The number of hydrogen-bond acceptors (Lipinski definition) is 2. The minimum atomic E-state index is -2.31. The van der Waals surface area contributed by atoms with Crippen LogP contribution >= 0.6 is 27.3 Å². The van der Waals surface area contributed by atoms with Crippen LogP contribution < -0.4 is 5.32 Å². The number of rotatable bonds is 5. The zero-order valence-corrected chi connectivity index (χ0v) is 11.9. The van der Waals surface area contributed by atoms with Crippen LogP contribution in [-0.2, 0) is 6.54 Å². The van der Waals surface area contributed by atoms with Crippen molar-refractivity contribution >= 4 is 27.3 Å². The highest BCUT2D eigenvalue weighted by Crippen LogP contribution is 2.29. The Balaban J connectivity index is 2.12. The van der Waals surface area contributed by atoms with Gasteiger partial charge in [0.15, 0.2) is 0 Å². The fourth-order valence-electron chi connectivity index (χ4n) is 1.69. The number of benzene rings is 1. The van der Waals surface area contributed by atoms with Gasteiger partial charge in [0.1, 0.15) is 0 Å². The lowest BCUT2D eigenvalue weighted by atomic mass is 10.1. The summed E-state index contributed by atoms with van der Waals surface area (Å²) in [6.07, 6.45) is -2.31. The summed E-state index contributed by atoms with van der Waals surface area (Å²) in [6, 6.07) is 7.97. The van der Waals surface area contributed by atoms with Crippen LogP contribution in [0.5, 0.6) is 0 Å². The molecule has 0 aliphatic rings. The average Bonchev–Trinajstić information content (AvgIpc) is 2.77. The Morgan fingerprint density at radius 1 is 1.28 bits per heavy atom. The molecule has 0 saturated carbocycles. The van der Waals surface area contributed by atoms with Gasteiger partial charge in [0.05, 0.1) is 6.54 Å². The third kappa shape index (κ3) is 3.60. The lowest BCUT2D eigenvalue weighted by molar-refractivity contribution is 0.145. The van der Waals surface area contributed by atoms with Gasteiger partial charge in [-0.05, 0) is 39.6 Å². The van der Waals surface area contributed by atoms with Crippen molar-refractivity contribution in [1.29, 1.82) is 0 Å². The topological polar surface area (TPSA) is 12.0 Å². The van der Waals surface area contributed by atoms with Crippen molar-refractivity contribution in [2.45, 2.75) is 13.0 Å². The van der Waals surface area contributed by atoms with Crippen LogP contribution in [0.2, 0.25) is 0 Å². The molecule has 0 atom stereocenters. The van der Waals surface area contributed by atoms with Gasteiger partial charge in [-0.2, -0.15) is 11.3 Å². The number of alkyl halides is 2. The maximum atomic E-state index is 12.1. The molecular formula is C13H12BrF2NS. The summed E-state index contributed by atoms with van der Waals surface area (Å²) >= 11 is 5.02. The molecule has 2 aromatic rings. The molecule has 0 fully saturated rings. The highest BCUT2D eigenvalue weighted by atomic mass is 79.9. The predicted octanol–water partition coefficient (Wildman–Crippen LogP) is 4.53. The van der Waals surface area contributed by atoms with E-state index in [0.717, 1.165) is 21.2 Å². The standard InChI is InChI=1S/C13H12BrF2NS/c14-11-3-1-2-9(4-11)12-8-18-7-10(12)5-17-6-13(15)16/h1-4,7-8,13,17H,5-6H2. The number of hydrogen-bond donors (Lipinski definition) is 1. The van der Waals surface area contributed by atoms with Crippen LogP contribution in [0.3, 0.4) is 0 Å². The summed E-state index contributed by atoms with van der Waals surface area (Å²) in [7, 11) is 0. The minimum absolute atomic E-state index is 0.270. The fourth-order valence-corrected chi connectivity index (χ4v) is 2.95. The van der Waals surface area contributed by atoms with E-state index in [1.165, 1.54) is 0 Å². The van der Waals surface area contributed by atoms with Crippen molar-refractivity contribution in [1.82, 2.24) is 5.32 Å². The molecule has 96 valence electrons. The summed E-state index contributed by atoms with van der Waals surface area (Å²) in [5.74, 6) is 0. The maximum Gasteiger partial charge on any atom is 0.250 e. The molecule has 0 saturated heterocycles. The van der Waals surface area contributed by atoms with Crippen molar-refractivity contribution in [2.75, 3.05) is 6.54 Å². The van der Waals surface area contributed by atoms with Crippen molar-refractivity contribution < 1.29 is 8.78 Å². The molecule has 1 aromatic carbocycles. The summed E-state index contributed by atoms with van der Waals surface area (Å²) in [5.41, 5.74) is 3.25. The Kier molecular flexibility index (Phi) is 4.86. The lowest BCUT2D eigenvalue weighted by Gasteiger charge is -2.06. The molecule has 0 unspecified atom stereocenters. The molecule has 0 bridgehead atoms. The van der Waals surface area contributed by atoms with E-state index in [2.05, 4.69) is 21.2 Å². The zero-order valence-electron chi connectivity index (χ0n) is 9.50. The molecule has 0 radical (unpaired) electrons. The monoisotopic (exact) mass is 331 g/mol. The second-order valence-corrected chi connectivity index (χ2v) is 5.50. The van der Waals surface area contributed by atoms with Gasteiger partial charge in [0, 0.05) is 11.0 Å². The van der Waals surface area contributed by atoms with Crippen LogP contribution in [0.25, 0.3) is 11.1 Å².